The van der Waals surface area contributed by atoms with Crippen molar-refractivity contribution in [2.75, 3.05) is 13.7 Å². The third-order valence-electron chi connectivity index (χ3n) is 7.19. The molecule has 0 bridgehead atoms. The molecule has 1 saturated carbocycles. The summed E-state index contributed by atoms with van der Waals surface area (Å²) in [7, 11) is 1.37. The van der Waals surface area contributed by atoms with Crippen LogP contribution in [0.4, 0.5) is 0 Å². The van der Waals surface area contributed by atoms with Crippen LogP contribution in [0, 0.1) is 0 Å². The van der Waals surface area contributed by atoms with Crippen LogP contribution in [0.2, 0.25) is 0 Å². The second kappa shape index (κ2) is 8.34. The number of hydrogen-bond acceptors (Lipinski definition) is 6. The Labute approximate surface area is 198 Å². The van der Waals surface area contributed by atoms with E-state index in [0.29, 0.717) is 24.5 Å². The van der Waals surface area contributed by atoms with E-state index in [-0.39, 0.29) is 17.8 Å². The number of carbonyl (C=O) groups is 2. The lowest BCUT2D eigenvalue weighted by molar-refractivity contribution is -0.145. The van der Waals surface area contributed by atoms with Crippen LogP contribution in [0.15, 0.2) is 36.7 Å². The predicted molar refractivity (Wildman–Crippen MR) is 125 cm³/mol. The van der Waals surface area contributed by atoms with E-state index in [1.165, 1.54) is 12.7 Å². The third-order valence-corrected chi connectivity index (χ3v) is 7.19. The summed E-state index contributed by atoms with van der Waals surface area (Å²) in [5.74, 6) is 0.206. The van der Waals surface area contributed by atoms with Crippen LogP contribution in [0.5, 0.6) is 0 Å². The van der Waals surface area contributed by atoms with Gasteiger partial charge in [0, 0.05) is 24.2 Å². The predicted octanol–water partition coefficient (Wildman–Crippen LogP) is 3.47. The SMILES string of the molecule is COC(=O)[C@@H]1CCCN1C(=O)c1cnn(-c2ncc3c(n2)-c2ccccc2CCC3)c1C1CC1. The van der Waals surface area contributed by atoms with Crippen molar-refractivity contribution in [2.45, 2.75) is 56.9 Å². The number of esters is 1. The van der Waals surface area contributed by atoms with Crippen LogP contribution >= 0.6 is 0 Å². The molecule has 34 heavy (non-hydrogen) atoms. The van der Waals surface area contributed by atoms with E-state index in [1.807, 2.05) is 12.3 Å². The molecule has 0 radical (unpaired) electrons. The van der Waals surface area contributed by atoms with E-state index in [9.17, 15) is 9.59 Å². The van der Waals surface area contributed by atoms with Crippen molar-refractivity contribution in [3.8, 4) is 17.2 Å². The number of likely N-dealkylation sites (tertiary alicyclic amines) is 1. The van der Waals surface area contributed by atoms with Crippen molar-refractivity contribution >= 4 is 11.9 Å². The van der Waals surface area contributed by atoms with Gasteiger partial charge in [0.15, 0.2) is 0 Å². The van der Waals surface area contributed by atoms with Gasteiger partial charge in [0.2, 0.25) is 0 Å². The highest BCUT2D eigenvalue weighted by Crippen LogP contribution is 2.43. The minimum Gasteiger partial charge on any atom is -0.467 e. The Balaban J connectivity index is 1.41. The Bertz CT molecular complexity index is 1280. The van der Waals surface area contributed by atoms with Crippen LogP contribution in [-0.4, -0.2) is 56.2 Å². The fourth-order valence-corrected chi connectivity index (χ4v) is 5.33. The zero-order chi connectivity index (χ0) is 23.2. The fraction of sp³-hybridized carbons (Fsp3) is 0.423. The van der Waals surface area contributed by atoms with Crippen molar-refractivity contribution in [2.24, 2.45) is 0 Å². The number of nitrogens with zero attached hydrogens (tertiary/aromatic N) is 5. The van der Waals surface area contributed by atoms with E-state index in [4.69, 9.17) is 9.72 Å². The van der Waals surface area contributed by atoms with Gasteiger partial charge < -0.3 is 9.64 Å². The van der Waals surface area contributed by atoms with Gasteiger partial charge in [-0.05, 0) is 56.1 Å². The van der Waals surface area contributed by atoms with E-state index >= 15 is 0 Å². The molecule has 2 aromatic heterocycles. The van der Waals surface area contributed by atoms with Crippen molar-refractivity contribution < 1.29 is 14.3 Å². The first-order valence-corrected chi connectivity index (χ1v) is 12.1. The lowest BCUT2D eigenvalue weighted by Crippen LogP contribution is -2.41. The summed E-state index contributed by atoms with van der Waals surface area (Å²) >= 11 is 0. The maximum atomic E-state index is 13.5. The highest BCUT2D eigenvalue weighted by atomic mass is 16.5. The molecular formula is C26H27N5O3. The van der Waals surface area contributed by atoms with E-state index in [1.54, 1.807) is 15.8 Å². The fourth-order valence-electron chi connectivity index (χ4n) is 5.33. The largest absolute Gasteiger partial charge is 0.467 e. The maximum Gasteiger partial charge on any atom is 0.328 e. The van der Waals surface area contributed by atoms with Gasteiger partial charge in [-0.1, -0.05) is 24.3 Å². The van der Waals surface area contributed by atoms with Gasteiger partial charge in [-0.2, -0.15) is 5.10 Å². The number of aryl methyl sites for hydroxylation is 2. The van der Waals surface area contributed by atoms with Crippen molar-refractivity contribution in [3.63, 3.8) is 0 Å². The first kappa shape index (κ1) is 21.0. The second-order valence-corrected chi connectivity index (χ2v) is 9.36. The highest BCUT2D eigenvalue weighted by molar-refractivity contribution is 5.98. The van der Waals surface area contributed by atoms with Crippen LogP contribution < -0.4 is 0 Å². The van der Waals surface area contributed by atoms with Crippen LogP contribution in [0.3, 0.4) is 0 Å². The average molecular weight is 458 g/mol. The molecule has 174 valence electrons. The Morgan fingerprint density at radius 3 is 2.68 bits per heavy atom. The monoisotopic (exact) mass is 457 g/mol. The first-order chi connectivity index (χ1) is 16.7. The molecule has 8 nitrogen and oxygen atoms in total. The number of benzene rings is 1. The minimum atomic E-state index is -0.534. The average Bonchev–Trinajstić information content (AvgIpc) is 3.47. The lowest BCUT2D eigenvalue weighted by atomic mass is 10.0. The summed E-state index contributed by atoms with van der Waals surface area (Å²) in [6.45, 7) is 0.542. The summed E-state index contributed by atoms with van der Waals surface area (Å²) in [6, 6.07) is 7.87. The number of fused-ring (bicyclic) bond motifs is 3. The number of ether oxygens (including phenoxy) is 1. The number of aromatic nitrogens is 4. The first-order valence-electron chi connectivity index (χ1n) is 12.1. The molecule has 1 amide bonds. The van der Waals surface area contributed by atoms with Crippen LogP contribution in [0.25, 0.3) is 17.2 Å². The molecule has 1 aromatic carbocycles. The summed E-state index contributed by atoms with van der Waals surface area (Å²) < 4.78 is 6.67. The van der Waals surface area contributed by atoms with Gasteiger partial charge in [-0.15, -0.1) is 0 Å². The minimum absolute atomic E-state index is 0.166. The molecule has 0 spiro atoms. The number of rotatable bonds is 4. The molecule has 2 fully saturated rings. The molecule has 1 atom stereocenters. The molecule has 3 aliphatic rings. The zero-order valence-corrected chi connectivity index (χ0v) is 19.2. The molecule has 3 aromatic rings. The molecule has 1 aliphatic heterocycles. The Morgan fingerprint density at radius 2 is 1.85 bits per heavy atom. The van der Waals surface area contributed by atoms with Crippen LogP contribution in [0.1, 0.15) is 65.2 Å². The summed E-state index contributed by atoms with van der Waals surface area (Å²) in [5.41, 5.74) is 5.93. The molecule has 0 unspecified atom stereocenters. The lowest BCUT2D eigenvalue weighted by Gasteiger charge is -2.22. The summed E-state index contributed by atoms with van der Waals surface area (Å²) in [5, 5.41) is 4.59. The van der Waals surface area contributed by atoms with Crippen molar-refractivity contribution in [3.05, 3.63) is 59.0 Å². The standard InChI is InChI=1S/C26H27N5O3/c1-34-25(33)21-10-5-13-30(21)24(32)20-15-28-31(23(20)17-11-12-17)26-27-14-18-8-4-7-16-6-2-3-9-19(16)22(18)29-26/h2-3,6,9,14-15,17,21H,4-5,7-8,10-13H2,1H3/t21-/m0/s1. The molecule has 2 aliphatic carbocycles. The number of hydrogen-bond donors (Lipinski definition) is 0. The smallest absolute Gasteiger partial charge is 0.328 e. The van der Waals surface area contributed by atoms with Gasteiger partial charge in [-0.25, -0.2) is 19.4 Å². The highest BCUT2D eigenvalue weighted by Gasteiger charge is 2.40. The van der Waals surface area contributed by atoms with Gasteiger partial charge >= 0.3 is 5.97 Å². The number of carbonyl (C=O) groups excluding carboxylic acids is 2. The third kappa shape index (κ3) is 3.48. The van der Waals surface area contributed by atoms with Gasteiger partial charge in [-0.3, -0.25) is 4.79 Å². The van der Waals surface area contributed by atoms with Gasteiger partial charge in [0.05, 0.1) is 30.3 Å². The molecule has 0 N–H and O–H groups in total. The summed E-state index contributed by atoms with van der Waals surface area (Å²) in [6.07, 6.45) is 9.96. The number of methoxy groups -OCH3 is 1. The second-order valence-electron chi connectivity index (χ2n) is 9.36. The van der Waals surface area contributed by atoms with Crippen molar-refractivity contribution in [1.29, 1.82) is 0 Å². The molecule has 1 saturated heterocycles. The maximum absolute atomic E-state index is 13.5. The zero-order valence-electron chi connectivity index (χ0n) is 19.2. The van der Waals surface area contributed by atoms with Gasteiger partial charge in [0.1, 0.15) is 6.04 Å². The Hall–Kier alpha value is -3.55. The summed E-state index contributed by atoms with van der Waals surface area (Å²) in [4.78, 5) is 37.0. The Kier molecular flexibility index (Phi) is 5.16. The molecule has 8 heteroatoms. The molecular weight excluding hydrogens is 430 g/mol. The van der Waals surface area contributed by atoms with E-state index in [2.05, 4.69) is 28.3 Å². The van der Waals surface area contributed by atoms with E-state index in [0.717, 1.165) is 61.0 Å². The van der Waals surface area contributed by atoms with Gasteiger partial charge in [0.25, 0.3) is 11.9 Å². The van der Waals surface area contributed by atoms with Crippen molar-refractivity contribution in [1.82, 2.24) is 24.6 Å². The number of amides is 1. The molecule has 3 heterocycles. The quantitative estimate of drug-likeness (QED) is 0.557. The Morgan fingerprint density at radius 1 is 1.03 bits per heavy atom. The topological polar surface area (TPSA) is 90.2 Å². The van der Waals surface area contributed by atoms with E-state index < -0.39 is 6.04 Å². The normalized spacial score (nSPS) is 19.3. The van der Waals surface area contributed by atoms with Crippen LogP contribution in [-0.2, 0) is 22.4 Å². The molecule has 6 rings (SSSR count).